The topological polar surface area (TPSA) is 65.3 Å². The van der Waals surface area contributed by atoms with Crippen molar-refractivity contribution in [3.05, 3.63) is 27.4 Å². The quantitative estimate of drug-likeness (QED) is 0.427. The van der Waals surface area contributed by atoms with E-state index in [4.69, 9.17) is 16.3 Å². The Bertz CT molecular complexity index is 330. The van der Waals surface area contributed by atoms with Crippen molar-refractivity contribution >= 4 is 17.3 Å². The Morgan fingerprint density at radius 1 is 1.69 bits per heavy atom. The average Bonchev–Trinajstić information content (AvgIpc) is 2.03. The zero-order chi connectivity index (χ0) is 9.84. The molecule has 0 N–H and O–H groups in total. The van der Waals surface area contributed by atoms with E-state index in [1.165, 1.54) is 12.1 Å². The first kappa shape index (κ1) is 9.73. The molecule has 0 bridgehead atoms. The summed E-state index contributed by atoms with van der Waals surface area (Å²) in [4.78, 5) is 13.6. The minimum atomic E-state index is -0.546. The van der Waals surface area contributed by atoms with Gasteiger partial charge in [-0.3, -0.25) is 10.1 Å². The van der Waals surface area contributed by atoms with E-state index in [9.17, 15) is 10.1 Å². The highest BCUT2D eigenvalue weighted by Gasteiger charge is 2.10. The van der Waals surface area contributed by atoms with Gasteiger partial charge in [0.2, 0.25) is 5.88 Å². The summed E-state index contributed by atoms with van der Waals surface area (Å²) in [6.07, 6.45) is 0. The van der Waals surface area contributed by atoms with Crippen LogP contribution in [-0.4, -0.2) is 16.5 Å². The Labute approximate surface area is 79.5 Å². The molecule has 0 fully saturated rings. The monoisotopic (exact) mass is 202 g/mol. The number of ether oxygens (including phenoxy) is 1. The van der Waals surface area contributed by atoms with Gasteiger partial charge in [0.25, 0.3) is 5.69 Å². The van der Waals surface area contributed by atoms with E-state index in [-0.39, 0.29) is 16.7 Å². The first-order valence-corrected chi connectivity index (χ1v) is 3.96. The Hall–Kier alpha value is -1.36. The second-order valence-corrected chi connectivity index (χ2v) is 2.56. The van der Waals surface area contributed by atoms with Crippen molar-refractivity contribution in [3.8, 4) is 5.88 Å². The second-order valence-electron chi connectivity index (χ2n) is 2.18. The lowest BCUT2D eigenvalue weighted by Gasteiger charge is -2.01. The van der Waals surface area contributed by atoms with Crippen molar-refractivity contribution < 1.29 is 9.66 Å². The van der Waals surface area contributed by atoms with Gasteiger partial charge in [-0.05, 0) is 6.92 Å². The maximum absolute atomic E-state index is 10.4. The third-order valence-corrected chi connectivity index (χ3v) is 1.45. The molecular formula is C7H7ClN2O3. The van der Waals surface area contributed by atoms with Gasteiger partial charge in [-0.15, -0.1) is 0 Å². The normalized spacial score (nSPS) is 9.69. The van der Waals surface area contributed by atoms with E-state index < -0.39 is 4.92 Å². The first-order valence-electron chi connectivity index (χ1n) is 3.58. The number of nitrogens with zero attached hydrogens (tertiary/aromatic N) is 2. The van der Waals surface area contributed by atoms with E-state index in [2.05, 4.69) is 4.98 Å². The number of nitro groups is 1. The number of hydrogen-bond donors (Lipinski definition) is 0. The van der Waals surface area contributed by atoms with Gasteiger partial charge < -0.3 is 4.74 Å². The number of pyridine rings is 1. The molecule has 6 heteroatoms. The van der Waals surface area contributed by atoms with Crippen LogP contribution in [0.25, 0.3) is 0 Å². The van der Waals surface area contributed by atoms with Crippen LogP contribution in [0.2, 0.25) is 5.15 Å². The minimum Gasteiger partial charge on any atom is -0.478 e. The summed E-state index contributed by atoms with van der Waals surface area (Å²) in [6, 6.07) is 2.40. The molecule has 0 aromatic carbocycles. The molecule has 0 aliphatic carbocycles. The van der Waals surface area contributed by atoms with Crippen LogP contribution in [0.3, 0.4) is 0 Å². The lowest BCUT2D eigenvalue weighted by atomic mass is 10.4. The summed E-state index contributed by atoms with van der Waals surface area (Å²) < 4.78 is 4.98. The van der Waals surface area contributed by atoms with E-state index in [1.54, 1.807) is 6.92 Å². The van der Waals surface area contributed by atoms with Crippen molar-refractivity contribution in [1.82, 2.24) is 4.98 Å². The van der Waals surface area contributed by atoms with Gasteiger partial charge in [-0.2, -0.15) is 0 Å². The van der Waals surface area contributed by atoms with Crippen molar-refractivity contribution in [1.29, 1.82) is 0 Å². The fraction of sp³-hybridized carbons (Fsp3) is 0.286. The van der Waals surface area contributed by atoms with Gasteiger partial charge in [-0.25, -0.2) is 4.98 Å². The van der Waals surface area contributed by atoms with Crippen LogP contribution in [-0.2, 0) is 0 Å². The molecule has 1 rings (SSSR count). The molecule has 1 aromatic rings. The summed E-state index contributed by atoms with van der Waals surface area (Å²) in [5.74, 6) is 0.168. The summed E-state index contributed by atoms with van der Waals surface area (Å²) >= 11 is 5.53. The molecule has 1 heterocycles. The van der Waals surface area contributed by atoms with Gasteiger partial charge >= 0.3 is 0 Å². The van der Waals surface area contributed by atoms with Crippen molar-refractivity contribution in [2.24, 2.45) is 0 Å². The van der Waals surface area contributed by atoms with Gasteiger partial charge in [0, 0.05) is 0 Å². The molecule has 0 amide bonds. The second kappa shape index (κ2) is 4.04. The molecule has 0 saturated heterocycles. The number of hydrogen-bond acceptors (Lipinski definition) is 4. The molecule has 0 spiro atoms. The molecule has 0 aliphatic rings. The summed E-state index contributed by atoms with van der Waals surface area (Å²) in [5.41, 5.74) is -0.122. The summed E-state index contributed by atoms with van der Waals surface area (Å²) in [6.45, 7) is 2.15. The fourth-order valence-electron chi connectivity index (χ4n) is 0.787. The Balaban J connectivity index is 3.03. The molecular weight excluding hydrogens is 196 g/mol. The SMILES string of the molecule is CCOc1cc([N+](=O)[O-])cc(Cl)n1. The number of halogens is 1. The van der Waals surface area contributed by atoms with Gasteiger partial charge in [0.1, 0.15) is 5.15 Å². The van der Waals surface area contributed by atoms with E-state index in [1.807, 2.05) is 0 Å². The molecule has 0 aliphatic heterocycles. The highest BCUT2D eigenvalue weighted by Crippen LogP contribution is 2.21. The molecule has 70 valence electrons. The standard InChI is InChI=1S/C7H7ClN2O3/c1-2-13-7-4-5(10(11)12)3-6(8)9-7/h3-4H,2H2,1H3. The van der Waals surface area contributed by atoms with E-state index in [0.29, 0.717) is 6.61 Å². The molecule has 0 atom stereocenters. The molecule has 1 aromatic heterocycles. The minimum absolute atomic E-state index is 0.0534. The Morgan fingerprint density at radius 2 is 2.38 bits per heavy atom. The number of aromatic nitrogens is 1. The van der Waals surface area contributed by atoms with Crippen LogP contribution in [0.5, 0.6) is 5.88 Å². The average molecular weight is 203 g/mol. The zero-order valence-corrected chi connectivity index (χ0v) is 7.61. The fourth-order valence-corrected chi connectivity index (χ4v) is 0.982. The van der Waals surface area contributed by atoms with Crippen molar-refractivity contribution in [2.45, 2.75) is 6.92 Å². The Kier molecular flexibility index (Phi) is 3.02. The van der Waals surface area contributed by atoms with E-state index in [0.717, 1.165) is 0 Å². The Morgan fingerprint density at radius 3 is 2.92 bits per heavy atom. The molecule has 13 heavy (non-hydrogen) atoms. The number of rotatable bonds is 3. The van der Waals surface area contributed by atoms with E-state index >= 15 is 0 Å². The van der Waals surface area contributed by atoms with Crippen LogP contribution < -0.4 is 4.74 Å². The molecule has 0 unspecified atom stereocenters. The lowest BCUT2D eigenvalue weighted by Crippen LogP contribution is -1.96. The molecule has 0 radical (unpaired) electrons. The van der Waals surface area contributed by atoms with Crippen LogP contribution in [0.4, 0.5) is 5.69 Å². The van der Waals surface area contributed by atoms with Crippen LogP contribution in [0, 0.1) is 10.1 Å². The third-order valence-electron chi connectivity index (χ3n) is 1.26. The smallest absolute Gasteiger partial charge is 0.277 e. The lowest BCUT2D eigenvalue weighted by molar-refractivity contribution is -0.385. The summed E-state index contributed by atoms with van der Waals surface area (Å²) in [7, 11) is 0. The van der Waals surface area contributed by atoms with Gasteiger partial charge in [0.05, 0.1) is 23.7 Å². The predicted molar refractivity (Wildman–Crippen MR) is 47.1 cm³/mol. The highest BCUT2D eigenvalue weighted by atomic mass is 35.5. The van der Waals surface area contributed by atoms with Crippen molar-refractivity contribution in [3.63, 3.8) is 0 Å². The van der Waals surface area contributed by atoms with Crippen LogP contribution in [0.1, 0.15) is 6.92 Å². The van der Waals surface area contributed by atoms with Gasteiger partial charge in [-0.1, -0.05) is 11.6 Å². The molecule has 0 saturated carbocycles. The molecule has 5 nitrogen and oxygen atoms in total. The predicted octanol–water partition coefficient (Wildman–Crippen LogP) is 2.04. The summed E-state index contributed by atoms with van der Waals surface area (Å²) in [5, 5.41) is 10.4. The highest BCUT2D eigenvalue weighted by molar-refractivity contribution is 6.29. The zero-order valence-electron chi connectivity index (χ0n) is 6.86. The van der Waals surface area contributed by atoms with Crippen LogP contribution in [0.15, 0.2) is 12.1 Å². The first-order chi connectivity index (χ1) is 6.13. The maximum Gasteiger partial charge on any atom is 0.277 e. The van der Waals surface area contributed by atoms with Crippen molar-refractivity contribution in [2.75, 3.05) is 6.61 Å². The maximum atomic E-state index is 10.4. The van der Waals surface area contributed by atoms with Gasteiger partial charge in [0.15, 0.2) is 0 Å². The van der Waals surface area contributed by atoms with Crippen LogP contribution >= 0.6 is 11.6 Å². The third kappa shape index (κ3) is 2.55. The largest absolute Gasteiger partial charge is 0.478 e.